The normalized spacial score (nSPS) is 11.6. The lowest BCUT2D eigenvalue weighted by atomic mass is 10.1. The van der Waals surface area contributed by atoms with Gasteiger partial charge in [-0.15, -0.1) is 0 Å². The van der Waals surface area contributed by atoms with E-state index in [0.29, 0.717) is 0 Å². The molecule has 1 aromatic heterocycles. The maximum absolute atomic E-state index is 4.24. The van der Waals surface area contributed by atoms with Crippen molar-refractivity contribution in [1.29, 1.82) is 0 Å². The molecule has 0 aliphatic rings. The zero-order valence-electron chi connectivity index (χ0n) is 11.7. The number of anilines is 1. The Balaban J connectivity index is 2.84. The van der Waals surface area contributed by atoms with Crippen LogP contribution in [0.2, 0.25) is 0 Å². The summed E-state index contributed by atoms with van der Waals surface area (Å²) in [6, 6.07) is 2.10. The first-order valence-electron chi connectivity index (χ1n) is 6.40. The van der Waals surface area contributed by atoms with Crippen LogP contribution < -0.4 is 10.2 Å². The number of aromatic nitrogens is 1. The molecule has 0 aliphatic carbocycles. The second kappa shape index (κ2) is 6.01. The fourth-order valence-corrected chi connectivity index (χ4v) is 1.77. The molecule has 0 fully saturated rings. The van der Waals surface area contributed by atoms with Gasteiger partial charge in [0.15, 0.2) is 0 Å². The SMILES string of the molecule is CCN(CC)c1cnccc1CNC(C)(C)C. The third-order valence-electron chi connectivity index (χ3n) is 2.80. The number of hydrogen-bond donors (Lipinski definition) is 1. The van der Waals surface area contributed by atoms with Crippen molar-refractivity contribution >= 4 is 5.69 Å². The molecule has 0 aliphatic heterocycles. The average Bonchev–Trinajstić information content (AvgIpc) is 2.28. The van der Waals surface area contributed by atoms with Gasteiger partial charge in [0.2, 0.25) is 0 Å². The minimum atomic E-state index is 0.143. The fraction of sp³-hybridized carbons (Fsp3) is 0.643. The van der Waals surface area contributed by atoms with Gasteiger partial charge in [-0.3, -0.25) is 4.98 Å². The van der Waals surface area contributed by atoms with E-state index in [2.05, 4.69) is 55.9 Å². The Hall–Kier alpha value is -1.09. The van der Waals surface area contributed by atoms with E-state index in [0.717, 1.165) is 19.6 Å². The Morgan fingerprint density at radius 3 is 2.41 bits per heavy atom. The second-order valence-corrected chi connectivity index (χ2v) is 5.28. The van der Waals surface area contributed by atoms with E-state index in [1.54, 1.807) is 0 Å². The zero-order chi connectivity index (χ0) is 12.9. The average molecular weight is 235 g/mol. The van der Waals surface area contributed by atoms with Gasteiger partial charge in [-0.2, -0.15) is 0 Å². The molecule has 96 valence electrons. The highest BCUT2D eigenvalue weighted by Gasteiger charge is 2.12. The summed E-state index contributed by atoms with van der Waals surface area (Å²) in [5, 5.41) is 3.53. The maximum atomic E-state index is 4.24. The molecule has 1 rings (SSSR count). The summed E-state index contributed by atoms with van der Waals surface area (Å²) in [4.78, 5) is 6.58. The van der Waals surface area contributed by atoms with Gasteiger partial charge in [0.1, 0.15) is 0 Å². The summed E-state index contributed by atoms with van der Waals surface area (Å²) in [7, 11) is 0. The van der Waals surface area contributed by atoms with Gasteiger partial charge in [-0.1, -0.05) is 0 Å². The van der Waals surface area contributed by atoms with Crippen LogP contribution in [0.5, 0.6) is 0 Å². The monoisotopic (exact) mass is 235 g/mol. The van der Waals surface area contributed by atoms with Crippen LogP contribution in [-0.4, -0.2) is 23.6 Å². The zero-order valence-corrected chi connectivity index (χ0v) is 11.7. The number of hydrogen-bond acceptors (Lipinski definition) is 3. The summed E-state index contributed by atoms with van der Waals surface area (Å²) >= 11 is 0. The van der Waals surface area contributed by atoms with Crippen molar-refractivity contribution in [3.63, 3.8) is 0 Å². The van der Waals surface area contributed by atoms with Crippen molar-refractivity contribution in [3.8, 4) is 0 Å². The third-order valence-corrected chi connectivity index (χ3v) is 2.80. The molecule has 0 bridgehead atoms. The van der Waals surface area contributed by atoms with Crippen LogP contribution in [0.3, 0.4) is 0 Å². The highest BCUT2D eigenvalue weighted by atomic mass is 15.1. The molecule has 17 heavy (non-hydrogen) atoms. The number of nitrogens with zero attached hydrogens (tertiary/aromatic N) is 2. The summed E-state index contributed by atoms with van der Waals surface area (Å²) < 4.78 is 0. The van der Waals surface area contributed by atoms with Gasteiger partial charge < -0.3 is 10.2 Å². The molecule has 1 N–H and O–H groups in total. The first kappa shape index (κ1) is 14.0. The van der Waals surface area contributed by atoms with Crippen molar-refractivity contribution in [2.45, 2.75) is 46.7 Å². The number of rotatable bonds is 5. The lowest BCUT2D eigenvalue weighted by Gasteiger charge is -2.26. The molecule has 0 saturated carbocycles. The van der Waals surface area contributed by atoms with Gasteiger partial charge in [-0.05, 0) is 46.2 Å². The van der Waals surface area contributed by atoms with Crippen LogP contribution >= 0.6 is 0 Å². The number of nitrogens with one attached hydrogen (secondary N) is 1. The Labute approximate surface area is 105 Å². The van der Waals surface area contributed by atoms with E-state index >= 15 is 0 Å². The van der Waals surface area contributed by atoms with Crippen LogP contribution in [0, 0.1) is 0 Å². The first-order chi connectivity index (χ1) is 7.98. The molecule has 0 unspecified atom stereocenters. The van der Waals surface area contributed by atoms with Crippen LogP contribution in [0.15, 0.2) is 18.5 Å². The summed E-state index contributed by atoms with van der Waals surface area (Å²) in [6.45, 7) is 13.8. The molecule has 3 nitrogen and oxygen atoms in total. The largest absolute Gasteiger partial charge is 0.371 e. The van der Waals surface area contributed by atoms with E-state index in [9.17, 15) is 0 Å². The molecular weight excluding hydrogens is 210 g/mol. The molecule has 1 aromatic rings. The van der Waals surface area contributed by atoms with Crippen molar-refractivity contribution in [2.75, 3.05) is 18.0 Å². The molecule has 0 spiro atoms. The lowest BCUT2D eigenvalue weighted by molar-refractivity contribution is 0.424. The quantitative estimate of drug-likeness (QED) is 0.850. The van der Waals surface area contributed by atoms with Crippen molar-refractivity contribution < 1.29 is 0 Å². The molecular formula is C14H25N3. The van der Waals surface area contributed by atoms with E-state index in [-0.39, 0.29) is 5.54 Å². The molecule has 0 radical (unpaired) electrons. The standard InChI is InChI=1S/C14H25N3/c1-6-17(7-2)13-11-15-9-8-12(13)10-16-14(3,4)5/h8-9,11,16H,6-7,10H2,1-5H3. The maximum Gasteiger partial charge on any atom is 0.0598 e. The highest BCUT2D eigenvalue weighted by Crippen LogP contribution is 2.19. The highest BCUT2D eigenvalue weighted by molar-refractivity contribution is 5.51. The van der Waals surface area contributed by atoms with Crippen LogP contribution in [0.4, 0.5) is 5.69 Å². The van der Waals surface area contributed by atoms with E-state index in [1.807, 2.05) is 12.4 Å². The Bertz CT molecular complexity index is 338. The van der Waals surface area contributed by atoms with E-state index < -0.39 is 0 Å². The Morgan fingerprint density at radius 1 is 1.24 bits per heavy atom. The third kappa shape index (κ3) is 4.35. The lowest BCUT2D eigenvalue weighted by Crippen LogP contribution is -2.35. The summed E-state index contributed by atoms with van der Waals surface area (Å²) in [6.07, 6.45) is 3.83. The van der Waals surface area contributed by atoms with Crippen LogP contribution in [0.1, 0.15) is 40.2 Å². The minimum Gasteiger partial charge on any atom is -0.371 e. The van der Waals surface area contributed by atoms with E-state index in [1.165, 1.54) is 11.3 Å². The van der Waals surface area contributed by atoms with Crippen molar-refractivity contribution in [3.05, 3.63) is 24.0 Å². The van der Waals surface area contributed by atoms with Crippen molar-refractivity contribution in [2.24, 2.45) is 0 Å². The molecule has 0 atom stereocenters. The van der Waals surface area contributed by atoms with Gasteiger partial charge in [-0.25, -0.2) is 0 Å². The van der Waals surface area contributed by atoms with Crippen LogP contribution in [0.25, 0.3) is 0 Å². The van der Waals surface area contributed by atoms with Crippen LogP contribution in [-0.2, 0) is 6.54 Å². The van der Waals surface area contributed by atoms with Gasteiger partial charge in [0.05, 0.1) is 11.9 Å². The summed E-state index contributed by atoms with van der Waals surface area (Å²) in [5.74, 6) is 0. The molecule has 1 heterocycles. The fourth-order valence-electron chi connectivity index (χ4n) is 1.77. The first-order valence-corrected chi connectivity index (χ1v) is 6.40. The topological polar surface area (TPSA) is 28.2 Å². The molecule has 0 aromatic carbocycles. The van der Waals surface area contributed by atoms with Gasteiger partial charge >= 0.3 is 0 Å². The Kier molecular flexibility index (Phi) is 4.94. The smallest absolute Gasteiger partial charge is 0.0598 e. The molecule has 0 amide bonds. The second-order valence-electron chi connectivity index (χ2n) is 5.28. The van der Waals surface area contributed by atoms with Gasteiger partial charge in [0.25, 0.3) is 0 Å². The predicted molar refractivity (Wildman–Crippen MR) is 74.4 cm³/mol. The van der Waals surface area contributed by atoms with Gasteiger partial charge in [0, 0.05) is 31.4 Å². The predicted octanol–water partition coefficient (Wildman–Crippen LogP) is 2.82. The molecule has 0 saturated heterocycles. The van der Waals surface area contributed by atoms with E-state index in [4.69, 9.17) is 0 Å². The molecule has 3 heteroatoms. The minimum absolute atomic E-state index is 0.143. The Morgan fingerprint density at radius 2 is 1.88 bits per heavy atom. The summed E-state index contributed by atoms with van der Waals surface area (Å²) in [5.41, 5.74) is 2.71. The van der Waals surface area contributed by atoms with Crippen molar-refractivity contribution in [1.82, 2.24) is 10.3 Å². The number of pyridine rings is 1.